The van der Waals surface area contributed by atoms with E-state index in [4.69, 9.17) is 4.74 Å². The molecule has 1 aliphatic rings. The van der Waals surface area contributed by atoms with E-state index in [1.807, 2.05) is 12.3 Å². The van der Waals surface area contributed by atoms with Crippen molar-refractivity contribution in [1.29, 1.82) is 0 Å². The second-order valence-electron chi connectivity index (χ2n) is 4.98. The third kappa shape index (κ3) is 3.96. The van der Waals surface area contributed by atoms with Gasteiger partial charge in [-0.15, -0.1) is 0 Å². The maximum atomic E-state index is 5.03. The molecule has 4 heteroatoms. The van der Waals surface area contributed by atoms with Crippen molar-refractivity contribution in [3.8, 4) is 0 Å². The molecule has 2 rings (SSSR count). The summed E-state index contributed by atoms with van der Waals surface area (Å²) in [5, 5.41) is 3.38. The van der Waals surface area contributed by atoms with Gasteiger partial charge in [0.1, 0.15) is 5.82 Å². The second-order valence-corrected chi connectivity index (χ2v) is 4.98. The van der Waals surface area contributed by atoms with Crippen LogP contribution in [0.25, 0.3) is 0 Å². The standard InChI is InChI=1S/C14H23N3O/c1-17(11-12-5-6-12)14-13(4-3-7-16-14)10-15-8-9-18-2/h3-4,7,12,15H,5-6,8-11H2,1-2H3. The minimum Gasteiger partial charge on any atom is -0.383 e. The molecule has 1 aromatic rings. The first-order chi connectivity index (χ1) is 8.81. The molecule has 0 amide bonds. The summed E-state index contributed by atoms with van der Waals surface area (Å²) < 4.78 is 5.03. The summed E-state index contributed by atoms with van der Waals surface area (Å²) in [6, 6.07) is 4.15. The molecule has 1 aliphatic carbocycles. The lowest BCUT2D eigenvalue weighted by Gasteiger charge is -2.21. The third-order valence-corrected chi connectivity index (χ3v) is 3.26. The largest absolute Gasteiger partial charge is 0.383 e. The van der Waals surface area contributed by atoms with Gasteiger partial charge in [-0.2, -0.15) is 0 Å². The lowest BCUT2D eigenvalue weighted by molar-refractivity contribution is 0.199. The fraction of sp³-hybridized carbons (Fsp3) is 0.643. The zero-order chi connectivity index (χ0) is 12.8. The molecule has 1 fully saturated rings. The van der Waals surface area contributed by atoms with E-state index in [0.29, 0.717) is 0 Å². The van der Waals surface area contributed by atoms with Crippen LogP contribution in [0.3, 0.4) is 0 Å². The monoisotopic (exact) mass is 249 g/mol. The quantitative estimate of drug-likeness (QED) is 0.711. The van der Waals surface area contributed by atoms with Gasteiger partial charge in [0, 0.05) is 45.6 Å². The molecule has 0 bridgehead atoms. The van der Waals surface area contributed by atoms with Crippen molar-refractivity contribution >= 4 is 5.82 Å². The topological polar surface area (TPSA) is 37.4 Å². The van der Waals surface area contributed by atoms with Gasteiger partial charge >= 0.3 is 0 Å². The molecule has 0 aromatic carbocycles. The third-order valence-electron chi connectivity index (χ3n) is 3.26. The summed E-state index contributed by atoms with van der Waals surface area (Å²) in [4.78, 5) is 6.80. The molecule has 0 atom stereocenters. The van der Waals surface area contributed by atoms with Crippen molar-refractivity contribution in [2.45, 2.75) is 19.4 Å². The van der Waals surface area contributed by atoms with Crippen LogP contribution in [0, 0.1) is 5.92 Å². The number of hydrogen-bond donors (Lipinski definition) is 1. The van der Waals surface area contributed by atoms with Crippen molar-refractivity contribution in [3.63, 3.8) is 0 Å². The number of hydrogen-bond acceptors (Lipinski definition) is 4. The molecular formula is C14H23N3O. The summed E-state index contributed by atoms with van der Waals surface area (Å²) in [6.07, 6.45) is 4.62. The highest BCUT2D eigenvalue weighted by Crippen LogP contribution is 2.31. The van der Waals surface area contributed by atoms with E-state index < -0.39 is 0 Å². The van der Waals surface area contributed by atoms with E-state index in [1.54, 1.807) is 7.11 Å². The van der Waals surface area contributed by atoms with Gasteiger partial charge in [-0.05, 0) is 24.8 Å². The van der Waals surface area contributed by atoms with E-state index in [0.717, 1.165) is 38.0 Å². The highest BCUT2D eigenvalue weighted by molar-refractivity contribution is 5.46. The van der Waals surface area contributed by atoms with Crippen molar-refractivity contribution in [1.82, 2.24) is 10.3 Å². The Bertz CT molecular complexity index is 366. The minimum absolute atomic E-state index is 0.744. The van der Waals surface area contributed by atoms with E-state index >= 15 is 0 Å². The molecule has 1 N–H and O–H groups in total. The Labute approximate surface area is 109 Å². The summed E-state index contributed by atoms with van der Waals surface area (Å²) >= 11 is 0. The zero-order valence-corrected chi connectivity index (χ0v) is 11.4. The van der Waals surface area contributed by atoms with Gasteiger partial charge in [0.15, 0.2) is 0 Å². The van der Waals surface area contributed by atoms with E-state index in [1.165, 1.54) is 18.4 Å². The van der Waals surface area contributed by atoms with Crippen LogP contribution < -0.4 is 10.2 Å². The Morgan fingerprint density at radius 3 is 3.06 bits per heavy atom. The van der Waals surface area contributed by atoms with E-state index in [9.17, 15) is 0 Å². The molecule has 1 aromatic heterocycles. The average Bonchev–Trinajstić information content (AvgIpc) is 3.19. The summed E-state index contributed by atoms with van der Waals surface area (Å²) in [7, 11) is 3.86. The molecule has 0 unspecified atom stereocenters. The Kier molecular flexibility index (Phi) is 4.96. The van der Waals surface area contributed by atoms with Gasteiger partial charge < -0.3 is 15.0 Å². The number of methoxy groups -OCH3 is 1. The van der Waals surface area contributed by atoms with Crippen molar-refractivity contribution in [3.05, 3.63) is 23.9 Å². The van der Waals surface area contributed by atoms with Crippen molar-refractivity contribution in [2.75, 3.05) is 38.8 Å². The van der Waals surface area contributed by atoms with E-state index in [-0.39, 0.29) is 0 Å². The molecule has 1 heterocycles. The van der Waals surface area contributed by atoms with Crippen LogP contribution in [0.1, 0.15) is 18.4 Å². The maximum Gasteiger partial charge on any atom is 0.132 e. The minimum atomic E-state index is 0.744. The summed E-state index contributed by atoms with van der Waals surface area (Å²) in [5.74, 6) is 1.99. The van der Waals surface area contributed by atoms with Crippen molar-refractivity contribution < 1.29 is 4.74 Å². The maximum absolute atomic E-state index is 5.03. The molecule has 4 nitrogen and oxygen atoms in total. The van der Waals surface area contributed by atoms with Gasteiger partial charge in [0.2, 0.25) is 0 Å². The highest BCUT2D eigenvalue weighted by Gasteiger charge is 2.24. The van der Waals surface area contributed by atoms with Gasteiger partial charge in [0.05, 0.1) is 6.61 Å². The molecule has 100 valence electrons. The normalized spacial score (nSPS) is 14.8. The Morgan fingerprint density at radius 1 is 1.50 bits per heavy atom. The molecule has 0 radical (unpaired) electrons. The number of nitrogens with zero attached hydrogens (tertiary/aromatic N) is 2. The van der Waals surface area contributed by atoms with Gasteiger partial charge in [-0.25, -0.2) is 4.98 Å². The summed E-state index contributed by atoms with van der Waals surface area (Å²) in [6.45, 7) is 3.59. The average molecular weight is 249 g/mol. The Morgan fingerprint density at radius 2 is 2.33 bits per heavy atom. The molecule has 18 heavy (non-hydrogen) atoms. The lowest BCUT2D eigenvalue weighted by Crippen LogP contribution is -2.25. The SMILES string of the molecule is COCCNCc1cccnc1N(C)CC1CC1. The second kappa shape index (κ2) is 6.71. The van der Waals surface area contributed by atoms with Gasteiger partial charge in [-0.3, -0.25) is 0 Å². The zero-order valence-electron chi connectivity index (χ0n) is 11.4. The van der Waals surface area contributed by atoms with Gasteiger partial charge in [0.25, 0.3) is 0 Å². The van der Waals surface area contributed by atoms with Crippen LogP contribution in [-0.4, -0.2) is 38.8 Å². The van der Waals surface area contributed by atoms with E-state index in [2.05, 4.69) is 28.3 Å². The molecular weight excluding hydrogens is 226 g/mol. The number of nitrogens with one attached hydrogen (secondary N) is 1. The van der Waals surface area contributed by atoms with Crippen LogP contribution >= 0.6 is 0 Å². The van der Waals surface area contributed by atoms with Crippen LogP contribution in [0.5, 0.6) is 0 Å². The number of pyridine rings is 1. The molecule has 0 aliphatic heterocycles. The first-order valence-corrected chi connectivity index (χ1v) is 6.66. The first-order valence-electron chi connectivity index (χ1n) is 6.66. The first kappa shape index (κ1) is 13.3. The van der Waals surface area contributed by atoms with Crippen LogP contribution in [-0.2, 0) is 11.3 Å². The molecule has 0 spiro atoms. The fourth-order valence-electron chi connectivity index (χ4n) is 2.08. The van der Waals surface area contributed by atoms with Crippen LogP contribution in [0.4, 0.5) is 5.82 Å². The number of anilines is 1. The van der Waals surface area contributed by atoms with Crippen LogP contribution in [0.15, 0.2) is 18.3 Å². The molecule has 0 saturated heterocycles. The lowest BCUT2D eigenvalue weighted by atomic mass is 10.2. The Hall–Kier alpha value is -1.13. The number of ether oxygens (including phenoxy) is 1. The van der Waals surface area contributed by atoms with Gasteiger partial charge in [-0.1, -0.05) is 6.07 Å². The number of rotatable bonds is 8. The highest BCUT2D eigenvalue weighted by atomic mass is 16.5. The fourth-order valence-corrected chi connectivity index (χ4v) is 2.08. The van der Waals surface area contributed by atoms with Crippen molar-refractivity contribution in [2.24, 2.45) is 5.92 Å². The summed E-state index contributed by atoms with van der Waals surface area (Å²) in [5.41, 5.74) is 1.26. The van der Waals surface area contributed by atoms with Crippen LogP contribution in [0.2, 0.25) is 0 Å². The smallest absolute Gasteiger partial charge is 0.132 e. The Balaban J connectivity index is 1.91. The number of aromatic nitrogens is 1. The molecule has 1 saturated carbocycles. The predicted octanol–water partition coefficient (Wildman–Crippen LogP) is 1.66. The predicted molar refractivity (Wildman–Crippen MR) is 73.8 cm³/mol.